The van der Waals surface area contributed by atoms with Crippen LogP contribution in [0.1, 0.15) is 12.0 Å². The molecule has 0 saturated heterocycles. The molecule has 0 bridgehead atoms. The summed E-state index contributed by atoms with van der Waals surface area (Å²) in [5, 5.41) is 10.0. The number of hydrogen-bond acceptors (Lipinski definition) is 3. The van der Waals surface area contributed by atoms with E-state index in [2.05, 4.69) is 15.7 Å². The van der Waals surface area contributed by atoms with E-state index in [0.29, 0.717) is 13.0 Å². The van der Waals surface area contributed by atoms with Crippen LogP contribution in [0.2, 0.25) is 0 Å². The average molecular weight is 331 g/mol. The molecule has 0 aliphatic rings. The Bertz CT molecular complexity index is 514. The number of aromatic nitrogens is 2. The van der Waals surface area contributed by atoms with Gasteiger partial charge in [0, 0.05) is 37.6 Å². The van der Waals surface area contributed by atoms with Crippen molar-refractivity contribution in [2.75, 3.05) is 12.4 Å². The summed E-state index contributed by atoms with van der Waals surface area (Å²) in [4.78, 5) is 11.8. The molecule has 2 N–H and O–H groups in total. The van der Waals surface area contributed by atoms with Crippen molar-refractivity contribution in [3.8, 4) is 0 Å². The molecule has 0 aliphatic heterocycles. The van der Waals surface area contributed by atoms with Gasteiger partial charge in [-0.05, 0) is 30.8 Å². The fourth-order valence-corrected chi connectivity index (χ4v) is 1.78. The smallest absolute Gasteiger partial charge is 0.226 e. The monoisotopic (exact) mass is 330 g/mol. The van der Waals surface area contributed by atoms with E-state index in [0.717, 1.165) is 12.2 Å². The van der Waals surface area contributed by atoms with Crippen molar-refractivity contribution < 1.29 is 4.79 Å². The molecule has 1 aromatic carbocycles. The summed E-state index contributed by atoms with van der Waals surface area (Å²) in [7, 11) is 1.91. The van der Waals surface area contributed by atoms with Gasteiger partial charge in [0.15, 0.2) is 0 Å². The third-order valence-corrected chi connectivity index (χ3v) is 2.75. The summed E-state index contributed by atoms with van der Waals surface area (Å²) in [6, 6.07) is 9.68. The van der Waals surface area contributed by atoms with Crippen molar-refractivity contribution in [2.45, 2.75) is 19.5 Å². The maximum atomic E-state index is 11.8. The molecular formula is C14H20Cl2N4O. The predicted octanol–water partition coefficient (Wildman–Crippen LogP) is 2.47. The minimum atomic E-state index is -0.00290. The van der Waals surface area contributed by atoms with Crippen LogP contribution >= 0.6 is 24.8 Å². The Hall–Kier alpha value is -1.56. The van der Waals surface area contributed by atoms with E-state index in [-0.39, 0.29) is 30.7 Å². The first-order valence-electron chi connectivity index (χ1n) is 6.29. The van der Waals surface area contributed by atoms with E-state index in [4.69, 9.17) is 0 Å². The summed E-state index contributed by atoms with van der Waals surface area (Å²) in [5.41, 5.74) is 2.02. The molecule has 116 valence electrons. The Morgan fingerprint density at radius 2 is 1.95 bits per heavy atom. The average Bonchev–Trinajstić information content (AvgIpc) is 2.92. The highest BCUT2D eigenvalue weighted by molar-refractivity contribution is 5.90. The van der Waals surface area contributed by atoms with E-state index in [9.17, 15) is 4.79 Å². The van der Waals surface area contributed by atoms with Crippen LogP contribution in [0.15, 0.2) is 42.7 Å². The van der Waals surface area contributed by atoms with Crippen molar-refractivity contribution in [1.29, 1.82) is 0 Å². The molecule has 2 rings (SSSR count). The maximum Gasteiger partial charge on any atom is 0.226 e. The fourth-order valence-electron chi connectivity index (χ4n) is 1.78. The topological polar surface area (TPSA) is 58.9 Å². The van der Waals surface area contributed by atoms with Gasteiger partial charge in [0.05, 0.1) is 0 Å². The van der Waals surface area contributed by atoms with Crippen molar-refractivity contribution in [1.82, 2.24) is 15.1 Å². The first-order chi connectivity index (χ1) is 9.28. The van der Waals surface area contributed by atoms with Crippen molar-refractivity contribution >= 4 is 36.4 Å². The zero-order valence-corrected chi connectivity index (χ0v) is 13.4. The van der Waals surface area contributed by atoms with Gasteiger partial charge in [0.2, 0.25) is 5.91 Å². The zero-order chi connectivity index (χ0) is 13.5. The molecule has 0 atom stereocenters. The number of carbonyl (C=O) groups is 1. The second-order valence-electron chi connectivity index (χ2n) is 4.29. The van der Waals surface area contributed by atoms with Gasteiger partial charge in [0.1, 0.15) is 0 Å². The normalized spacial score (nSPS) is 9.38. The summed E-state index contributed by atoms with van der Waals surface area (Å²) in [6.45, 7) is 1.42. The van der Waals surface area contributed by atoms with Crippen LogP contribution in [-0.4, -0.2) is 22.7 Å². The second kappa shape index (κ2) is 10.2. The molecule has 1 amide bonds. The third-order valence-electron chi connectivity index (χ3n) is 2.75. The number of halogens is 2. The third kappa shape index (κ3) is 6.62. The molecule has 0 fully saturated rings. The van der Waals surface area contributed by atoms with E-state index in [1.165, 1.54) is 5.56 Å². The van der Waals surface area contributed by atoms with Crippen LogP contribution in [0.3, 0.4) is 0 Å². The number of benzene rings is 1. The van der Waals surface area contributed by atoms with Gasteiger partial charge in [0.25, 0.3) is 0 Å². The highest BCUT2D eigenvalue weighted by Crippen LogP contribution is 2.09. The molecule has 7 heteroatoms. The number of aryl methyl sites for hydroxylation is 1. The molecule has 21 heavy (non-hydrogen) atoms. The van der Waals surface area contributed by atoms with E-state index in [1.807, 2.05) is 43.6 Å². The number of hydrogen-bond donors (Lipinski definition) is 2. The number of carbonyl (C=O) groups excluding carboxylic acids is 1. The van der Waals surface area contributed by atoms with Crippen LogP contribution < -0.4 is 10.6 Å². The summed E-state index contributed by atoms with van der Waals surface area (Å²) >= 11 is 0. The second-order valence-corrected chi connectivity index (χ2v) is 4.29. The van der Waals surface area contributed by atoms with Gasteiger partial charge >= 0.3 is 0 Å². The standard InChI is InChI=1S/C14H18N4O.2ClH/c1-15-11-12-3-5-13(6-4-12)17-14(19)7-10-18-9-2-8-16-18;;/h2-6,8-9,15H,7,10-11H2,1H3,(H,17,19);2*1H. The molecule has 1 heterocycles. The number of rotatable bonds is 6. The van der Waals surface area contributed by atoms with Crippen molar-refractivity contribution in [3.05, 3.63) is 48.3 Å². The molecule has 1 aromatic heterocycles. The molecule has 0 saturated carbocycles. The molecular weight excluding hydrogens is 311 g/mol. The van der Waals surface area contributed by atoms with Gasteiger partial charge in [-0.2, -0.15) is 5.10 Å². The summed E-state index contributed by atoms with van der Waals surface area (Å²) < 4.78 is 1.75. The van der Waals surface area contributed by atoms with E-state index >= 15 is 0 Å². The van der Waals surface area contributed by atoms with Crippen molar-refractivity contribution in [3.63, 3.8) is 0 Å². The fraction of sp³-hybridized carbons (Fsp3) is 0.286. The first kappa shape index (κ1) is 19.4. The highest BCUT2D eigenvalue weighted by Gasteiger charge is 2.03. The minimum Gasteiger partial charge on any atom is -0.326 e. The van der Waals surface area contributed by atoms with Gasteiger partial charge in [-0.3, -0.25) is 9.48 Å². The Balaban J connectivity index is 0.00000200. The first-order valence-corrected chi connectivity index (χ1v) is 6.29. The summed E-state index contributed by atoms with van der Waals surface area (Å²) in [5.74, 6) is -0.00290. The zero-order valence-electron chi connectivity index (χ0n) is 11.8. The Morgan fingerprint density at radius 3 is 2.52 bits per heavy atom. The lowest BCUT2D eigenvalue weighted by Crippen LogP contribution is -2.14. The molecule has 0 radical (unpaired) electrons. The maximum absolute atomic E-state index is 11.8. The summed E-state index contributed by atoms with van der Waals surface area (Å²) in [6.07, 6.45) is 3.97. The number of amides is 1. The van der Waals surface area contributed by atoms with Crippen LogP contribution in [0, 0.1) is 0 Å². The van der Waals surface area contributed by atoms with Gasteiger partial charge < -0.3 is 10.6 Å². The Kier molecular flexibility index (Phi) is 9.45. The quantitative estimate of drug-likeness (QED) is 0.855. The van der Waals surface area contributed by atoms with Gasteiger partial charge in [-0.25, -0.2) is 0 Å². The predicted molar refractivity (Wildman–Crippen MR) is 89.2 cm³/mol. The Morgan fingerprint density at radius 1 is 1.24 bits per heavy atom. The molecule has 2 aromatic rings. The SMILES string of the molecule is CNCc1ccc(NC(=O)CCn2cccn2)cc1.Cl.Cl. The largest absolute Gasteiger partial charge is 0.326 e. The van der Waals surface area contributed by atoms with Crippen LogP contribution in [0.5, 0.6) is 0 Å². The lowest BCUT2D eigenvalue weighted by atomic mass is 10.2. The lowest BCUT2D eigenvalue weighted by Gasteiger charge is -2.06. The highest BCUT2D eigenvalue weighted by atomic mass is 35.5. The minimum absolute atomic E-state index is 0. The number of nitrogens with one attached hydrogen (secondary N) is 2. The van der Waals surface area contributed by atoms with Crippen LogP contribution in [0.4, 0.5) is 5.69 Å². The van der Waals surface area contributed by atoms with Crippen molar-refractivity contribution in [2.24, 2.45) is 0 Å². The van der Waals surface area contributed by atoms with E-state index in [1.54, 1.807) is 10.9 Å². The van der Waals surface area contributed by atoms with Gasteiger partial charge in [-0.1, -0.05) is 12.1 Å². The lowest BCUT2D eigenvalue weighted by molar-refractivity contribution is -0.116. The molecule has 5 nitrogen and oxygen atoms in total. The molecule has 0 unspecified atom stereocenters. The molecule has 0 aliphatic carbocycles. The number of anilines is 1. The number of nitrogens with zero attached hydrogens (tertiary/aromatic N) is 2. The van der Waals surface area contributed by atoms with Crippen LogP contribution in [0.25, 0.3) is 0 Å². The molecule has 0 spiro atoms. The van der Waals surface area contributed by atoms with E-state index < -0.39 is 0 Å². The Labute approximate surface area is 136 Å². The van der Waals surface area contributed by atoms with Crippen LogP contribution in [-0.2, 0) is 17.9 Å². The van der Waals surface area contributed by atoms with Gasteiger partial charge in [-0.15, -0.1) is 24.8 Å².